The highest BCUT2D eigenvalue weighted by Gasteiger charge is 2.18. The fraction of sp³-hybridized carbons (Fsp3) is 0.750. The number of nitrogens with two attached hydrogens (primary N) is 2. The number of nitrogens with one attached hydrogen (secondary N) is 1. The van der Waals surface area contributed by atoms with E-state index in [0.29, 0.717) is 0 Å². The van der Waals surface area contributed by atoms with Gasteiger partial charge in [0, 0.05) is 13.1 Å². The van der Waals surface area contributed by atoms with Gasteiger partial charge in [-0.05, 0) is 12.8 Å². The van der Waals surface area contributed by atoms with Crippen LogP contribution in [0.5, 0.6) is 0 Å². The van der Waals surface area contributed by atoms with E-state index in [2.05, 4.69) is 10.4 Å². The molecule has 1 aliphatic rings. The molecule has 0 radical (unpaired) electrons. The predicted octanol–water partition coefficient (Wildman–Crippen LogP) is -1.69. The average molecular weight is 215 g/mol. The van der Waals surface area contributed by atoms with E-state index in [1.165, 1.54) is 0 Å². The van der Waals surface area contributed by atoms with Gasteiger partial charge in [0.2, 0.25) is 0 Å². The second-order valence-electron chi connectivity index (χ2n) is 3.50. The van der Waals surface area contributed by atoms with E-state index in [1.807, 2.05) is 5.01 Å². The van der Waals surface area contributed by atoms with E-state index in [1.54, 1.807) is 0 Å². The minimum absolute atomic E-state index is 0.0486. The number of aliphatic carboxylic acids is 1. The third kappa shape index (κ3) is 4.61. The first-order valence-corrected chi connectivity index (χ1v) is 4.87. The molecule has 0 aromatic heterocycles. The Bertz CT molecular complexity index is 243. The highest BCUT2D eigenvalue weighted by Crippen LogP contribution is 2.11. The number of carboxylic acids is 1. The van der Waals surface area contributed by atoms with Gasteiger partial charge in [-0.15, -0.1) is 0 Å². The van der Waals surface area contributed by atoms with Gasteiger partial charge in [0.05, 0.1) is 6.04 Å². The fourth-order valence-electron chi connectivity index (χ4n) is 1.54. The van der Waals surface area contributed by atoms with Crippen LogP contribution in [-0.4, -0.2) is 47.7 Å². The molecule has 0 atom stereocenters. The molecule has 0 aliphatic carbocycles. The zero-order valence-electron chi connectivity index (χ0n) is 8.52. The fourth-order valence-corrected chi connectivity index (χ4v) is 1.54. The van der Waals surface area contributed by atoms with Crippen molar-refractivity contribution in [2.75, 3.05) is 19.6 Å². The molecule has 0 bridgehead atoms. The van der Waals surface area contributed by atoms with E-state index < -0.39 is 5.97 Å². The molecule has 15 heavy (non-hydrogen) atoms. The molecular formula is C8H17N5O2. The van der Waals surface area contributed by atoms with Crippen LogP contribution in [0.15, 0.2) is 4.99 Å². The summed E-state index contributed by atoms with van der Waals surface area (Å²) in [6.07, 6.45) is 1.68. The number of carboxylic acid groups (broad SMARTS) is 1. The Morgan fingerprint density at radius 1 is 1.47 bits per heavy atom. The zero-order valence-corrected chi connectivity index (χ0v) is 8.52. The Morgan fingerprint density at radius 3 is 2.53 bits per heavy atom. The van der Waals surface area contributed by atoms with E-state index in [-0.39, 0.29) is 18.5 Å². The Kier molecular flexibility index (Phi) is 4.32. The van der Waals surface area contributed by atoms with Gasteiger partial charge < -0.3 is 16.6 Å². The summed E-state index contributed by atoms with van der Waals surface area (Å²) < 4.78 is 0. The maximum atomic E-state index is 10.3. The van der Waals surface area contributed by atoms with Crippen LogP contribution in [-0.2, 0) is 4.79 Å². The summed E-state index contributed by atoms with van der Waals surface area (Å²) in [6.45, 7) is 1.47. The van der Waals surface area contributed by atoms with Crippen molar-refractivity contribution in [2.45, 2.75) is 18.9 Å². The number of rotatable bonds is 4. The van der Waals surface area contributed by atoms with Gasteiger partial charge in [-0.1, -0.05) is 0 Å². The van der Waals surface area contributed by atoms with E-state index in [4.69, 9.17) is 16.6 Å². The Labute approximate surface area is 88.1 Å². The van der Waals surface area contributed by atoms with Crippen molar-refractivity contribution in [3.63, 3.8) is 0 Å². The highest BCUT2D eigenvalue weighted by molar-refractivity contribution is 5.75. The third-order valence-electron chi connectivity index (χ3n) is 2.25. The van der Waals surface area contributed by atoms with Crippen LogP contribution in [0, 0.1) is 0 Å². The number of aliphatic imine (C=N–C) groups is 1. The lowest BCUT2D eigenvalue weighted by Gasteiger charge is -2.29. The number of guanidine groups is 1. The standard InChI is InChI=1S/C8H17N5O2/c9-8(10)12-6-1-3-13(4-2-6)11-5-7(14)15/h6,11H,1-5H2,(H,14,15)(H4,9,10,12). The van der Waals surface area contributed by atoms with Gasteiger partial charge in [0.15, 0.2) is 5.96 Å². The number of hydrogen-bond donors (Lipinski definition) is 4. The van der Waals surface area contributed by atoms with Crippen molar-refractivity contribution < 1.29 is 9.90 Å². The highest BCUT2D eigenvalue weighted by atomic mass is 16.4. The molecule has 0 saturated carbocycles. The van der Waals surface area contributed by atoms with Crippen LogP contribution in [0.4, 0.5) is 0 Å². The number of piperidine rings is 1. The van der Waals surface area contributed by atoms with Gasteiger partial charge in [0.1, 0.15) is 6.54 Å². The molecular weight excluding hydrogens is 198 g/mol. The summed E-state index contributed by atoms with van der Waals surface area (Å²) in [5, 5.41) is 10.4. The van der Waals surface area contributed by atoms with Gasteiger partial charge >= 0.3 is 5.97 Å². The lowest BCUT2D eigenvalue weighted by atomic mass is 10.1. The molecule has 0 aromatic rings. The molecule has 0 amide bonds. The van der Waals surface area contributed by atoms with Crippen LogP contribution in [0.1, 0.15) is 12.8 Å². The SMILES string of the molecule is NC(N)=NC1CCN(NCC(=O)O)CC1. The smallest absolute Gasteiger partial charge is 0.318 e. The number of nitrogens with zero attached hydrogens (tertiary/aromatic N) is 2. The summed E-state index contributed by atoms with van der Waals surface area (Å²) >= 11 is 0. The summed E-state index contributed by atoms with van der Waals surface area (Å²) in [7, 11) is 0. The first-order valence-electron chi connectivity index (χ1n) is 4.87. The number of carbonyl (C=O) groups is 1. The van der Waals surface area contributed by atoms with Crippen molar-refractivity contribution in [1.29, 1.82) is 0 Å². The maximum absolute atomic E-state index is 10.3. The molecule has 1 aliphatic heterocycles. The van der Waals surface area contributed by atoms with Crippen LogP contribution >= 0.6 is 0 Å². The Hall–Kier alpha value is -1.34. The summed E-state index contributed by atoms with van der Waals surface area (Å²) in [5.41, 5.74) is 13.4. The normalized spacial score (nSPS) is 18.7. The second-order valence-corrected chi connectivity index (χ2v) is 3.50. The van der Waals surface area contributed by atoms with Gasteiger partial charge in [-0.25, -0.2) is 10.4 Å². The molecule has 1 fully saturated rings. The first-order chi connectivity index (χ1) is 7.08. The summed E-state index contributed by atoms with van der Waals surface area (Å²) in [5.74, 6) is -0.742. The molecule has 7 nitrogen and oxygen atoms in total. The Balaban J connectivity index is 2.24. The predicted molar refractivity (Wildman–Crippen MR) is 56.0 cm³/mol. The van der Waals surface area contributed by atoms with Crippen molar-refractivity contribution >= 4 is 11.9 Å². The van der Waals surface area contributed by atoms with Crippen LogP contribution in [0.2, 0.25) is 0 Å². The zero-order chi connectivity index (χ0) is 11.3. The van der Waals surface area contributed by atoms with Crippen molar-refractivity contribution in [3.05, 3.63) is 0 Å². The Morgan fingerprint density at radius 2 is 2.07 bits per heavy atom. The van der Waals surface area contributed by atoms with Crippen molar-refractivity contribution in [3.8, 4) is 0 Å². The third-order valence-corrected chi connectivity index (χ3v) is 2.25. The monoisotopic (exact) mass is 215 g/mol. The topological polar surface area (TPSA) is 117 Å². The molecule has 1 heterocycles. The molecule has 1 saturated heterocycles. The number of hydrogen-bond acceptors (Lipinski definition) is 4. The minimum Gasteiger partial charge on any atom is -0.480 e. The van der Waals surface area contributed by atoms with Gasteiger partial charge in [-0.2, -0.15) is 0 Å². The molecule has 0 unspecified atom stereocenters. The molecule has 7 heteroatoms. The lowest BCUT2D eigenvalue weighted by Crippen LogP contribution is -2.46. The second kappa shape index (κ2) is 5.52. The van der Waals surface area contributed by atoms with E-state index in [0.717, 1.165) is 25.9 Å². The molecule has 0 aromatic carbocycles. The van der Waals surface area contributed by atoms with Crippen LogP contribution in [0.25, 0.3) is 0 Å². The maximum Gasteiger partial charge on any atom is 0.318 e. The molecule has 1 rings (SSSR count). The van der Waals surface area contributed by atoms with Gasteiger partial charge in [0.25, 0.3) is 0 Å². The quantitative estimate of drug-likeness (QED) is 0.328. The minimum atomic E-state index is -0.860. The lowest BCUT2D eigenvalue weighted by molar-refractivity contribution is -0.137. The average Bonchev–Trinajstić information content (AvgIpc) is 2.16. The van der Waals surface area contributed by atoms with Crippen LogP contribution < -0.4 is 16.9 Å². The van der Waals surface area contributed by atoms with E-state index >= 15 is 0 Å². The largest absolute Gasteiger partial charge is 0.480 e. The summed E-state index contributed by atoms with van der Waals surface area (Å²) in [6, 6.07) is 0.165. The van der Waals surface area contributed by atoms with Gasteiger partial charge in [-0.3, -0.25) is 9.79 Å². The van der Waals surface area contributed by atoms with Crippen molar-refractivity contribution in [2.24, 2.45) is 16.5 Å². The first kappa shape index (κ1) is 11.7. The van der Waals surface area contributed by atoms with Crippen LogP contribution in [0.3, 0.4) is 0 Å². The summed E-state index contributed by atoms with van der Waals surface area (Å²) in [4.78, 5) is 14.4. The van der Waals surface area contributed by atoms with E-state index in [9.17, 15) is 4.79 Å². The van der Waals surface area contributed by atoms with Crippen molar-refractivity contribution in [1.82, 2.24) is 10.4 Å². The number of hydrazine groups is 1. The molecule has 86 valence electrons. The molecule has 6 N–H and O–H groups in total. The molecule has 0 spiro atoms.